The average Bonchev–Trinajstić information content (AvgIpc) is 2.12. The summed E-state index contributed by atoms with van der Waals surface area (Å²) < 4.78 is 16.8. The number of nitrogens with one attached hydrogen (secondary N) is 1. The Balaban J connectivity index is 3.78. The molecule has 0 saturated heterocycles. The number of ether oxygens (including phenoxy) is 1. The Morgan fingerprint density at radius 2 is 2.21 bits per heavy atom. The lowest BCUT2D eigenvalue weighted by Crippen LogP contribution is -2.37. The molecule has 0 spiro atoms. The molecule has 1 unspecified atom stereocenters. The van der Waals surface area contributed by atoms with Gasteiger partial charge >= 0.3 is 12.1 Å². The van der Waals surface area contributed by atoms with Crippen LogP contribution in [0.2, 0.25) is 0 Å². The van der Waals surface area contributed by atoms with Crippen LogP contribution in [0.4, 0.5) is 9.18 Å². The van der Waals surface area contributed by atoms with Gasteiger partial charge in [0.2, 0.25) is 0 Å². The molecule has 0 bridgehead atoms. The molecule has 0 rings (SSSR count). The zero-order valence-corrected chi connectivity index (χ0v) is 7.96. The van der Waals surface area contributed by atoms with Gasteiger partial charge in [-0.15, -0.1) is 0 Å². The number of carboxylic acids is 1. The van der Waals surface area contributed by atoms with Gasteiger partial charge in [-0.2, -0.15) is 0 Å². The molecule has 6 heteroatoms. The van der Waals surface area contributed by atoms with E-state index in [0.717, 1.165) is 0 Å². The van der Waals surface area contributed by atoms with Crippen molar-refractivity contribution in [3.63, 3.8) is 0 Å². The zero-order valence-electron chi connectivity index (χ0n) is 7.96. The van der Waals surface area contributed by atoms with E-state index in [9.17, 15) is 14.0 Å². The van der Waals surface area contributed by atoms with E-state index in [0.29, 0.717) is 0 Å². The van der Waals surface area contributed by atoms with Crippen molar-refractivity contribution in [3.8, 4) is 0 Å². The number of aliphatic carboxylic acids is 1. The van der Waals surface area contributed by atoms with E-state index in [1.54, 1.807) is 6.92 Å². The zero-order chi connectivity index (χ0) is 11.0. The van der Waals surface area contributed by atoms with E-state index >= 15 is 0 Å². The molecule has 82 valence electrons. The average molecular weight is 207 g/mol. The van der Waals surface area contributed by atoms with Crippen LogP contribution in [0, 0.1) is 0 Å². The van der Waals surface area contributed by atoms with Crippen molar-refractivity contribution in [1.29, 1.82) is 0 Å². The highest BCUT2D eigenvalue weighted by atomic mass is 19.1. The van der Waals surface area contributed by atoms with Crippen molar-refractivity contribution in [1.82, 2.24) is 5.32 Å². The lowest BCUT2D eigenvalue weighted by atomic mass is 10.2. The second kappa shape index (κ2) is 7.11. The van der Waals surface area contributed by atoms with Crippen LogP contribution in [0.5, 0.6) is 0 Å². The molecule has 14 heavy (non-hydrogen) atoms. The van der Waals surface area contributed by atoms with Crippen LogP contribution < -0.4 is 5.32 Å². The Morgan fingerprint density at radius 3 is 2.64 bits per heavy atom. The van der Waals surface area contributed by atoms with Crippen molar-refractivity contribution >= 4 is 12.1 Å². The Kier molecular flexibility index (Phi) is 6.43. The van der Waals surface area contributed by atoms with Crippen LogP contribution in [-0.2, 0) is 9.53 Å². The van der Waals surface area contributed by atoms with Crippen molar-refractivity contribution in [2.24, 2.45) is 0 Å². The third-order valence-corrected chi connectivity index (χ3v) is 1.49. The lowest BCUT2D eigenvalue weighted by Gasteiger charge is -2.13. The van der Waals surface area contributed by atoms with Crippen LogP contribution >= 0.6 is 0 Å². The Morgan fingerprint density at radius 1 is 1.57 bits per heavy atom. The summed E-state index contributed by atoms with van der Waals surface area (Å²) in [7, 11) is 0. The molecule has 0 fully saturated rings. The first kappa shape index (κ1) is 12.7. The number of amides is 1. The van der Waals surface area contributed by atoms with E-state index in [2.05, 4.69) is 10.1 Å². The second-order valence-electron chi connectivity index (χ2n) is 2.65. The molecule has 0 radical (unpaired) electrons. The minimum atomic E-state index is -1.02. The fourth-order valence-corrected chi connectivity index (χ4v) is 0.825. The van der Waals surface area contributed by atoms with E-state index in [1.165, 1.54) is 0 Å². The largest absolute Gasteiger partial charge is 0.481 e. The molecule has 0 aromatic heterocycles. The van der Waals surface area contributed by atoms with Gasteiger partial charge in [-0.25, -0.2) is 9.18 Å². The summed E-state index contributed by atoms with van der Waals surface area (Å²) in [5.41, 5.74) is 0. The number of rotatable bonds is 6. The first-order valence-electron chi connectivity index (χ1n) is 4.31. The highest BCUT2D eigenvalue weighted by Gasteiger charge is 2.13. The molecule has 5 nitrogen and oxygen atoms in total. The molecule has 1 atom stereocenters. The van der Waals surface area contributed by atoms with Crippen LogP contribution in [0.25, 0.3) is 0 Å². The molecule has 0 aromatic rings. The summed E-state index contributed by atoms with van der Waals surface area (Å²) in [5.74, 6) is -1.02. The Bertz CT molecular complexity index is 198. The normalized spacial score (nSPS) is 11.9. The summed E-state index contributed by atoms with van der Waals surface area (Å²) in [5, 5.41) is 10.6. The fraction of sp³-hybridized carbons (Fsp3) is 0.750. The molecule has 2 N–H and O–H groups in total. The summed E-state index contributed by atoms with van der Waals surface area (Å²) >= 11 is 0. The molecule has 0 heterocycles. The quantitative estimate of drug-likeness (QED) is 0.679. The van der Waals surface area contributed by atoms with Crippen LogP contribution in [0.3, 0.4) is 0 Å². The first-order chi connectivity index (χ1) is 6.60. The summed E-state index contributed by atoms with van der Waals surface area (Å²) in [6.07, 6.45) is -0.841. The number of hydrogen-bond donors (Lipinski definition) is 2. The van der Waals surface area contributed by atoms with Gasteiger partial charge in [0.1, 0.15) is 6.67 Å². The van der Waals surface area contributed by atoms with Gasteiger partial charge in [0.25, 0.3) is 0 Å². The van der Waals surface area contributed by atoms with Gasteiger partial charge in [-0.3, -0.25) is 4.79 Å². The predicted molar refractivity (Wildman–Crippen MR) is 46.8 cm³/mol. The third-order valence-electron chi connectivity index (χ3n) is 1.49. The maximum Gasteiger partial charge on any atom is 0.407 e. The monoisotopic (exact) mass is 207 g/mol. The summed E-state index contributed by atoms with van der Waals surface area (Å²) in [4.78, 5) is 21.0. The van der Waals surface area contributed by atoms with E-state index in [4.69, 9.17) is 5.11 Å². The van der Waals surface area contributed by atoms with E-state index < -0.39 is 24.8 Å². The molecular weight excluding hydrogens is 193 g/mol. The Hall–Kier alpha value is -1.33. The fourth-order valence-electron chi connectivity index (χ4n) is 0.825. The van der Waals surface area contributed by atoms with Crippen molar-refractivity contribution in [2.45, 2.75) is 25.8 Å². The van der Waals surface area contributed by atoms with Crippen LogP contribution in [-0.4, -0.2) is 36.5 Å². The van der Waals surface area contributed by atoms with Crippen LogP contribution in [0.1, 0.15) is 19.8 Å². The maximum absolute atomic E-state index is 12.2. The summed E-state index contributed by atoms with van der Waals surface area (Å²) in [6.45, 7) is 1.02. The molecule has 0 aromatic carbocycles. The molecule has 0 aliphatic rings. The van der Waals surface area contributed by atoms with Gasteiger partial charge < -0.3 is 15.2 Å². The number of carbonyl (C=O) groups excluding carboxylic acids is 1. The molecular formula is C8H14FNO4. The van der Waals surface area contributed by atoms with Crippen molar-refractivity contribution < 1.29 is 23.8 Å². The highest BCUT2D eigenvalue weighted by Crippen LogP contribution is 1.98. The number of carboxylic acid groups (broad SMARTS) is 1. The van der Waals surface area contributed by atoms with Gasteiger partial charge in [0.05, 0.1) is 12.6 Å². The molecule has 0 aliphatic carbocycles. The van der Waals surface area contributed by atoms with Gasteiger partial charge in [-0.05, 0) is 13.3 Å². The number of carbonyl (C=O) groups is 2. The number of halogens is 1. The Labute approximate surface area is 81.2 Å². The smallest absolute Gasteiger partial charge is 0.407 e. The maximum atomic E-state index is 12.2. The van der Waals surface area contributed by atoms with Gasteiger partial charge in [0, 0.05) is 6.42 Å². The third kappa shape index (κ3) is 6.22. The molecule has 0 saturated carbocycles. The SMILES string of the molecule is CCOC(=O)NC(CF)CCC(=O)O. The number of alkyl halides is 1. The highest BCUT2D eigenvalue weighted by molar-refractivity contribution is 5.68. The van der Waals surface area contributed by atoms with Crippen LogP contribution in [0.15, 0.2) is 0 Å². The minimum Gasteiger partial charge on any atom is -0.481 e. The lowest BCUT2D eigenvalue weighted by molar-refractivity contribution is -0.137. The first-order valence-corrected chi connectivity index (χ1v) is 4.31. The van der Waals surface area contributed by atoms with E-state index in [-0.39, 0.29) is 19.4 Å². The van der Waals surface area contributed by atoms with Gasteiger partial charge in [0.15, 0.2) is 0 Å². The second-order valence-corrected chi connectivity index (χ2v) is 2.65. The summed E-state index contributed by atoms with van der Waals surface area (Å²) in [6, 6.07) is -0.787. The van der Waals surface area contributed by atoms with Crippen molar-refractivity contribution in [3.05, 3.63) is 0 Å². The minimum absolute atomic E-state index is 0.0602. The van der Waals surface area contributed by atoms with Gasteiger partial charge in [-0.1, -0.05) is 0 Å². The van der Waals surface area contributed by atoms with E-state index in [1.807, 2.05) is 0 Å². The molecule has 0 aliphatic heterocycles. The van der Waals surface area contributed by atoms with Crippen molar-refractivity contribution in [2.75, 3.05) is 13.3 Å². The predicted octanol–water partition coefficient (Wildman–Crippen LogP) is 0.935. The standard InChI is InChI=1S/C8H14FNO4/c1-2-14-8(13)10-6(5-9)3-4-7(11)12/h6H,2-5H2,1H3,(H,10,13)(H,11,12). The molecule has 1 amide bonds. The number of hydrogen-bond acceptors (Lipinski definition) is 3. The topological polar surface area (TPSA) is 75.6 Å². The number of alkyl carbamates (subject to hydrolysis) is 1.